The van der Waals surface area contributed by atoms with Crippen LogP contribution in [-0.2, 0) is 9.47 Å². The predicted molar refractivity (Wildman–Crippen MR) is 87.0 cm³/mol. The van der Waals surface area contributed by atoms with Gasteiger partial charge in [0.15, 0.2) is 0 Å². The van der Waals surface area contributed by atoms with Crippen LogP contribution in [0, 0.1) is 11.8 Å². The van der Waals surface area contributed by atoms with Gasteiger partial charge in [-0.15, -0.1) is 0 Å². The number of hydrogen-bond donors (Lipinski definition) is 0. The van der Waals surface area contributed by atoms with Gasteiger partial charge in [-0.1, -0.05) is 0 Å². The first-order chi connectivity index (χ1) is 10.5. The summed E-state index contributed by atoms with van der Waals surface area (Å²) in [6, 6.07) is 1.27. The molecule has 2 saturated heterocycles. The zero-order valence-corrected chi connectivity index (χ0v) is 14.7. The summed E-state index contributed by atoms with van der Waals surface area (Å²) in [5, 5.41) is 0. The standard InChI is InChI=1S/C18H32N2O2/c1-13(2)19-5-8-22-18(11-19)10-16(18)15-9-17(15)12-21-7-6-20(17)14(3)4/h13-16H,5-12H2,1-4H3. The van der Waals surface area contributed by atoms with E-state index in [1.54, 1.807) is 0 Å². The fourth-order valence-electron chi connectivity index (χ4n) is 5.27. The molecule has 0 N–H and O–H groups in total. The lowest BCUT2D eigenvalue weighted by molar-refractivity contribution is -0.0741. The largest absolute Gasteiger partial charge is 0.378 e. The van der Waals surface area contributed by atoms with Crippen LogP contribution >= 0.6 is 0 Å². The third kappa shape index (κ3) is 2.26. The molecule has 126 valence electrons. The molecule has 4 atom stereocenters. The van der Waals surface area contributed by atoms with E-state index in [-0.39, 0.29) is 5.60 Å². The van der Waals surface area contributed by atoms with Gasteiger partial charge in [-0.3, -0.25) is 9.80 Å². The van der Waals surface area contributed by atoms with E-state index in [1.807, 2.05) is 0 Å². The van der Waals surface area contributed by atoms with E-state index < -0.39 is 0 Å². The van der Waals surface area contributed by atoms with Gasteiger partial charge in [0, 0.05) is 37.3 Å². The zero-order chi connectivity index (χ0) is 15.5. The highest BCUT2D eigenvalue weighted by atomic mass is 16.5. The van der Waals surface area contributed by atoms with E-state index in [9.17, 15) is 0 Å². The summed E-state index contributed by atoms with van der Waals surface area (Å²) in [4.78, 5) is 5.33. The Kier molecular flexibility index (Phi) is 3.61. The molecule has 0 aromatic rings. The molecule has 4 rings (SSSR count). The summed E-state index contributed by atoms with van der Waals surface area (Å²) in [5.74, 6) is 1.55. The van der Waals surface area contributed by atoms with Crippen molar-refractivity contribution >= 4 is 0 Å². The fourth-order valence-corrected chi connectivity index (χ4v) is 5.27. The third-order valence-corrected chi connectivity index (χ3v) is 6.66. The third-order valence-electron chi connectivity index (χ3n) is 6.66. The van der Waals surface area contributed by atoms with Crippen LogP contribution in [0.1, 0.15) is 40.5 Å². The Morgan fingerprint density at radius 2 is 1.77 bits per heavy atom. The van der Waals surface area contributed by atoms with Crippen molar-refractivity contribution < 1.29 is 9.47 Å². The number of morpholine rings is 2. The van der Waals surface area contributed by atoms with Gasteiger partial charge in [0.1, 0.15) is 0 Å². The van der Waals surface area contributed by atoms with Crippen molar-refractivity contribution in [3.63, 3.8) is 0 Å². The molecule has 22 heavy (non-hydrogen) atoms. The lowest BCUT2D eigenvalue weighted by Gasteiger charge is -2.41. The Balaban J connectivity index is 1.45. The van der Waals surface area contributed by atoms with Gasteiger partial charge in [0.25, 0.3) is 0 Å². The Labute approximate surface area is 135 Å². The van der Waals surface area contributed by atoms with E-state index in [2.05, 4.69) is 37.5 Å². The molecule has 0 bridgehead atoms. The molecule has 2 aliphatic carbocycles. The van der Waals surface area contributed by atoms with Gasteiger partial charge < -0.3 is 9.47 Å². The van der Waals surface area contributed by atoms with Gasteiger partial charge in [-0.05, 0) is 52.4 Å². The van der Waals surface area contributed by atoms with Gasteiger partial charge >= 0.3 is 0 Å². The first-order valence-electron chi connectivity index (χ1n) is 9.21. The average molecular weight is 308 g/mol. The fraction of sp³-hybridized carbons (Fsp3) is 1.00. The normalized spacial score (nSPS) is 46.1. The quantitative estimate of drug-likeness (QED) is 0.796. The predicted octanol–water partition coefficient (Wildman–Crippen LogP) is 1.98. The van der Waals surface area contributed by atoms with Crippen molar-refractivity contribution in [3.05, 3.63) is 0 Å². The number of ether oxygens (including phenoxy) is 2. The lowest BCUT2D eigenvalue weighted by Crippen LogP contribution is -2.53. The molecule has 0 aromatic heterocycles. The van der Waals surface area contributed by atoms with Crippen LogP contribution in [0.4, 0.5) is 0 Å². The van der Waals surface area contributed by atoms with Gasteiger partial charge in [0.05, 0.1) is 25.4 Å². The van der Waals surface area contributed by atoms with Crippen LogP contribution < -0.4 is 0 Å². The Bertz CT molecular complexity index is 441. The minimum Gasteiger partial charge on any atom is -0.378 e. The Hall–Kier alpha value is -0.160. The molecule has 2 saturated carbocycles. The molecular formula is C18H32N2O2. The molecule has 4 unspecified atom stereocenters. The van der Waals surface area contributed by atoms with E-state index >= 15 is 0 Å². The molecule has 4 aliphatic rings. The maximum absolute atomic E-state index is 6.30. The summed E-state index contributed by atoms with van der Waals surface area (Å²) in [6.07, 6.45) is 2.59. The van der Waals surface area contributed by atoms with Crippen molar-refractivity contribution in [2.45, 2.75) is 63.8 Å². The van der Waals surface area contributed by atoms with Crippen molar-refractivity contribution in [2.24, 2.45) is 11.8 Å². The van der Waals surface area contributed by atoms with Crippen LogP contribution in [0.25, 0.3) is 0 Å². The van der Waals surface area contributed by atoms with Crippen molar-refractivity contribution in [2.75, 3.05) is 39.5 Å². The van der Waals surface area contributed by atoms with Gasteiger partial charge in [0.2, 0.25) is 0 Å². The summed E-state index contributed by atoms with van der Waals surface area (Å²) >= 11 is 0. The molecule has 4 nitrogen and oxygen atoms in total. The monoisotopic (exact) mass is 308 g/mol. The van der Waals surface area contributed by atoms with Crippen LogP contribution in [0.2, 0.25) is 0 Å². The highest BCUT2D eigenvalue weighted by molar-refractivity contribution is 5.25. The first-order valence-corrected chi connectivity index (χ1v) is 9.21. The van der Waals surface area contributed by atoms with Crippen LogP contribution in [0.5, 0.6) is 0 Å². The zero-order valence-electron chi connectivity index (χ0n) is 14.7. The minimum absolute atomic E-state index is 0.177. The topological polar surface area (TPSA) is 24.9 Å². The number of nitrogens with zero attached hydrogens (tertiary/aromatic N) is 2. The second-order valence-corrected chi connectivity index (χ2v) is 8.54. The first kappa shape index (κ1) is 15.4. The van der Waals surface area contributed by atoms with Crippen LogP contribution in [0.3, 0.4) is 0 Å². The van der Waals surface area contributed by atoms with Crippen molar-refractivity contribution in [3.8, 4) is 0 Å². The van der Waals surface area contributed by atoms with Crippen LogP contribution in [-0.4, -0.2) is 72.5 Å². The van der Waals surface area contributed by atoms with Crippen molar-refractivity contribution in [1.82, 2.24) is 9.80 Å². The summed E-state index contributed by atoms with van der Waals surface area (Å²) in [6.45, 7) is 15.4. The molecule has 0 radical (unpaired) electrons. The maximum atomic E-state index is 6.30. The van der Waals surface area contributed by atoms with E-state index in [1.165, 1.54) is 12.8 Å². The Morgan fingerprint density at radius 3 is 2.50 bits per heavy atom. The minimum atomic E-state index is 0.177. The molecule has 0 aromatic carbocycles. The smallest absolute Gasteiger partial charge is 0.0845 e. The van der Waals surface area contributed by atoms with Gasteiger partial charge in [-0.25, -0.2) is 0 Å². The summed E-state index contributed by atoms with van der Waals surface area (Å²) in [7, 11) is 0. The van der Waals surface area contributed by atoms with Crippen molar-refractivity contribution in [1.29, 1.82) is 0 Å². The average Bonchev–Trinajstić information content (AvgIpc) is 3.36. The summed E-state index contributed by atoms with van der Waals surface area (Å²) < 4.78 is 12.2. The Morgan fingerprint density at radius 1 is 0.955 bits per heavy atom. The molecular weight excluding hydrogens is 276 g/mol. The lowest BCUT2D eigenvalue weighted by atomic mass is 10.0. The maximum Gasteiger partial charge on any atom is 0.0845 e. The molecule has 2 heterocycles. The molecule has 4 heteroatoms. The number of rotatable bonds is 3. The number of hydrogen-bond acceptors (Lipinski definition) is 4. The second-order valence-electron chi connectivity index (χ2n) is 8.54. The van der Waals surface area contributed by atoms with Gasteiger partial charge in [-0.2, -0.15) is 0 Å². The van der Waals surface area contributed by atoms with E-state index in [0.717, 1.165) is 51.3 Å². The second kappa shape index (κ2) is 5.17. The highest BCUT2D eigenvalue weighted by Crippen LogP contribution is 2.66. The SMILES string of the molecule is CC(C)N1CCOC2(CC2C2CC23COCCN3C(C)C)C1. The molecule has 2 aliphatic heterocycles. The highest BCUT2D eigenvalue weighted by Gasteiger charge is 2.72. The molecule has 0 amide bonds. The molecule has 2 spiro atoms. The summed E-state index contributed by atoms with van der Waals surface area (Å²) in [5.41, 5.74) is 0.515. The van der Waals surface area contributed by atoms with Crippen LogP contribution in [0.15, 0.2) is 0 Å². The molecule has 4 fully saturated rings. The van der Waals surface area contributed by atoms with E-state index in [0.29, 0.717) is 17.6 Å². The van der Waals surface area contributed by atoms with E-state index in [4.69, 9.17) is 9.47 Å².